The third-order valence-electron chi connectivity index (χ3n) is 4.22. The van der Waals surface area contributed by atoms with E-state index in [1.165, 1.54) is 19.3 Å². The minimum Gasteiger partial charge on any atom is -0.372 e. The molecule has 114 valence electrons. The first-order chi connectivity index (χ1) is 10.7. The van der Waals surface area contributed by atoms with Crippen molar-refractivity contribution in [2.24, 2.45) is 0 Å². The standard InChI is InChI=1S/C18H20N2O2/c21-20(22)18-10-9-17(19-11-5-2-6-12-19)14-16(18)13-15-7-3-1-4-8-15/h1,3-4,7-10,14H,2,5-6,11-13H2. The molecule has 0 bridgehead atoms. The normalized spacial score (nSPS) is 14.8. The van der Waals surface area contributed by atoms with E-state index >= 15 is 0 Å². The fourth-order valence-electron chi connectivity index (χ4n) is 3.06. The van der Waals surface area contributed by atoms with E-state index in [-0.39, 0.29) is 10.6 Å². The van der Waals surface area contributed by atoms with E-state index in [1.807, 2.05) is 42.5 Å². The van der Waals surface area contributed by atoms with Crippen LogP contribution in [0.5, 0.6) is 0 Å². The van der Waals surface area contributed by atoms with Crippen molar-refractivity contribution >= 4 is 11.4 Å². The van der Waals surface area contributed by atoms with Gasteiger partial charge in [-0.15, -0.1) is 0 Å². The summed E-state index contributed by atoms with van der Waals surface area (Å²) in [6, 6.07) is 15.5. The molecule has 4 nitrogen and oxygen atoms in total. The molecule has 1 heterocycles. The van der Waals surface area contributed by atoms with Crippen LogP contribution in [0.3, 0.4) is 0 Å². The smallest absolute Gasteiger partial charge is 0.273 e. The van der Waals surface area contributed by atoms with E-state index in [2.05, 4.69) is 4.90 Å². The maximum absolute atomic E-state index is 11.3. The van der Waals surface area contributed by atoms with Crippen molar-refractivity contribution in [2.45, 2.75) is 25.7 Å². The Balaban J connectivity index is 1.92. The van der Waals surface area contributed by atoms with Gasteiger partial charge in [0.1, 0.15) is 0 Å². The summed E-state index contributed by atoms with van der Waals surface area (Å²) >= 11 is 0. The number of nitro groups is 1. The monoisotopic (exact) mass is 296 g/mol. The van der Waals surface area contributed by atoms with Gasteiger partial charge in [-0.05, 0) is 37.0 Å². The molecule has 0 radical (unpaired) electrons. The van der Waals surface area contributed by atoms with Gasteiger partial charge in [0.15, 0.2) is 0 Å². The number of hydrogen-bond donors (Lipinski definition) is 0. The van der Waals surface area contributed by atoms with Crippen LogP contribution < -0.4 is 4.90 Å². The van der Waals surface area contributed by atoms with Crippen LogP contribution in [-0.2, 0) is 6.42 Å². The Morgan fingerprint density at radius 3 is 2.41 bits per heavy atom. The molecular formula is C18H20N2O2. The summed E-state index contributed by atoms with van der Waals surface area (Å²) in [6.07, 6.45) is 4.27. The van der Waals surface area contributed by atoms with Crippen molar-refractivity contribution in [3.8, 4) is 0 Å². The topological polar surface area (TPSA) is 46.4 Å². The zero-order valence-electron chi connectivity index (χ0n) is 12.6. The van der Waals surface area contributed by atoms with E-state index in [0.717, 1.165) is 29.9 Å². The van der Waals surface area contributed by atoms with E-state index in [0.29, 0.717) is 6.42 Å². The molecule has 4 heteroatoms. The highest BCUT2D eigenvalue weighted by Gasteiger charge is 2.18. The quantitative estimate of drug-likeness (QED) is 0.628. The molecule has 1 aliphatic rings. The largest absolute Gasteiger partial charge is 0.372 e. The number of benzene rings is 2. The van der Waals surface area contributed by atoms with Crippen LogP contribution in [-0.4, -0.2) is 18.0 Å². The van der Waals surface area contributed by atoms with Gasteiger partial charge >= 0.3 is 0 Å². The molecule has 0 saturated carbocycles. The van der Waals surface area contributed by atoms with Gasteiger partial charge in [0.2, 0.25) is 0 Å². The van der Waals surface area contributed by atoms with Crippen LogP contribution in [0.4, 0.5) is 11.4 Å². The van der Waals surface area contributed by atoms with Crippen molar-refractivity contribution < 1.29 is 4.92 Å². The Labute approximate surface area is 130 Å². The first kappa shape index (κ1) is 14.6. The van der Waals surface area contributed by atoms with Crippen LogP contribution in [0, 0.1) is 10.1 Å². The van der Waals surface area contributed by atoms with Crippen LogP contribution in [0.25, 0.3) is 0 Å². The maximum atomic E-state index is 11.3. The number of nitro benzene ring substituents is 1. The predicted octanol–water partition coefficient (Wildman–Crippen LogP) is 4.18. The highest BCUT2D eigenvalue weighted by molar-refractivity contribution is 5.57. The van der Waals surface area contributed by atoms with Crippen molar-refractivity contribution in [2.75, 3.05) is 18.0 Å². The lowest BCUT2D eigenvalue weighted by Crippen LogP contribution is -2.29. The van der Waals surface area contributed by atoms with Crippen molar-refractivity contribution in [3.63, 3.8) is 0 Å². The minimum absolute atomic E-state index is 0.213. The van der Waals surface area contributed by atoms with Crippen LogP contribution >= 0.6 is 0 Å². The van der Waals surface area contributed by atoms with E-state index < -0.39 is 0 Å². The van der Waals surface area contributed by atoms with Gasteiger partial charge in [-0.25, -0.2) is 0 Å². The number of nitrogens with zero attached hydrogens (tertiary/aromatic N) is 2. The number of anilines is 1. The molecule has 0 unspecified atom stereocenters. The van der Waals surface area contributed by atoms with Crippen LogP contribution in [0.2, 0.25) is 0 Å². The molecule has 0 atom stereocenters. The Bertz CT molecular complexity index is 649. The summed E-state index contributed by atoms with van der Waals surface area (Å²) in [5.74, 6) is 0. The van der Waals surface area contributed by atoms with Crippen molar-refractivity contribution in [1.82, 2.24) is 0 Å². The first-order valence-corrected chi connectivity index (χ1v) is 7.80. The summed E-state index contributed by atoms with van der Waals surface area (Å²) in [6.45, 7) is 2.09. The third kappa shape index (κ3) is 3.27. The van der Waals surface area contributed by atoms with Gasteiger partial charge in [0.05, 0.1) is 4.92 Å². The molecule has 0 amide bonds. The zero-order chi connectivity index (χ0) is 15.4. The fraction of sp³-hybridized carbons (Fsp3) is 0.333. The Hall–Kier alpha value is -2.36. The summed E-state index contributed by atoms with van der Waals surface area (Å²) in [5.41, 5.74) is 3.21. The highest BCUT2D eigenvalue weighted by atomic mass is 16.6. The Morgan fingerprint density at radius 2 is 1.73 bits per heavy atom. The molecule has 0 N–H and O–H groups in total. The molecule has 22 heavy (non-hydrogen) atoms. The zero-order valence-corrected chi connectivity index (χ0v) is 12.6. The molecule has 1 aliphatic heterocycles. The number of piperidine rings is 1. The fourth-order valence-corrected chi connectivity index (χ4v) is 3.06. The number of rotatable bonds is 4. The molecule has 2 aromatic carbocycles. The predicted molar refractivity (Wildman–Crippen MR) is 88.4 cm³/mol. The van der Waals surface area contributed by atoms with E-state index in [9.17, 15) is 10.1 Å². The van der Waals surface area contributed by atoms with Gasteiger partial charge in [0, 0.05) is 36.8 Å². The second-order valence-corrected chi connectivity index (χ2v) is 5.78. The first-order valence-electron chi connectivity index (χ1n) is 7.80. The molecule has 3 rings (SSSR count). The van der Waals surface area contributed by atoms with Crippen molar-refractivity contribution in [1.29, 1.82) is 0 Å². The molecular weight excluding hydrogens is 276 g/mol. The average Bonchev–Trinajstić information content (AvgIpc) is 2.56. The molecule has 1 fully saturated rings. The summed E-state index contributed by atoms with van der Waals surface area (Å²) in [7, 11) is 0. The number of hydrogen-bond acceptors (Lipinski definition) is 3. The van der Waals surface area contributed by atoms with Gasteiger partial charge < -0.3 is 4.90 Å². The van der Waals surface area contributed by atoms with Crippen molar-refractivity contribution in [3.05, 3.63) is 69.8 Å². The average molecular weight is 296 g/mol. The SMILES string of the molecule is O=[N+]([O-])c1ccc(N2CCCCC2)cc1Cc1ccccc1. The van der Waals surface area contributed by atoms with E-state index in [1.54, 1.807) is 6.07 Å². The highest BCUT2D eigenvalue weighted by Crippen LogP contribution is 2.28. The summed E-state index contributed by atoms with van der Waals surface area (Å²) in [4.78, 5) is 13.3. The summed E-state index contributed by atoms with van der Waals surface area (Å²) in [5, 5.41) is 11.3. The van der Waals surface area contributed by atoms with Crippen LogP contribution in [0.1, 0.15) is 30.4 Å². The van der Waals surface area contributed by atoms with Crippen LogP contribution in [0.15, 0.2) is 48.5 Å². The third-order valence-corrected chi connectivity index (χ3v) is 4.22. The van der Waals surface area contributed by atoms with E-state index in [4.69, 9.17) is 0 Å². The van der Waals surface area contributed by atoms with Gasteiger partial charge in [-0.1, -0.05) is 30.3 Å². The molecule has 0 spiro atoms. The molecule has 0 aromatic heterocycles. The molecule has 2 aromatic rings. The second kappa shape index (κ2) is 6.60. The second-order valence-electron chi connectivity index (χ2n) is 5.78. The lowest BCUT2D eigenvalue weighted by atomic mass is 10.0. The lowest BCUT2D eigenvalue weighted by molar-refractivity contribution is -0.385. The Morgan fingerprint density at radius 1 is 1.00 bits per heavy atom. The van der Waals surface area contributed by atoms with Gasteiger partial charge in [0.25, 0.3) is 5.69 Å². The Kier molecular flexibility index (Phi) is 4.37. The summed E-state index contributed by atoms with van der Waals surface area (Å²) < 4.78 is 0. The molecule has 1 saturated heterocycles. The van der Waals surface area contributed by atoms with Gasteiger partial charge in [-0.3, -0.25) is 10.1 Å². The molecule has 0 aliphatic carbocycles. The maximum Gasteiger partial charge on any atom is 0.273 e. The lowest BCUT2D eigenvalue weighted by Gasteiger charge is -2.29. The minimum atomic E-state index is -0.280. The van der Waals surface area contributed by atoms with Gasteiger partial charge in [-0.2, -0.15) is 0 Å².